The summed E-state index contributed by atoms with van der Waals surface area (Å²) < 4.78 is 12.3. The Labute approximate surface area is 187 Å². The third-order valence-corrected chi connectivity index (χ3v) is 5.34. The van der Waals surface area contributed by atoms with Crippen molar-refractivity contribution in [1.29, 1.82) is 0 Å². The summed E-state index contributed by atoms with van der Waals surface area (Å²) in [4.78, 5) is 40.3. The number of carbonyl (C=O) groups is 1. The lowest BCUT2D eigenvalue weighted by molar-refractivity contribution is -0.147. The third kappa shape index (κ3) is 9.11. The largest absolute Gasteiger partial charge is 0.463 e. The normalized spacial score (nSPS) is 17.3. The predicted octanol–water partition coefficient (Wildman–Crippen LogP) is 4.05. The Kier molecular flexibility index (Phi) is 11.3. The Bertz CT molecular complexity index is 916. The van der Waals surface area contributed by atoms with Gasteiger partial charge in [0.15, 0.2) is 6.23 Å². The zero-order valence-electron chi connectivity index (χ0n) is 18.7. The van der Waals surface area contributed by atoms with Crippen molar-refractivity contribution in [1.82, 2.24) is 9.55 Å². The number of carbonyl (C=O) groups excluding carboxylic acids is 1. The van der Waals surface area contributed by atoms with Crippen molar-refractivity contribution < 1.29 is 14.3 Å². The molecule has 0 saturated carbocycles. The summed E-state index contributed by atoms with van der Waals surface area (Å²) in [6.45, 7) is 2.30. The quantitative estimate of drug-likeness (QED) is 0.108. The Morgan fingerprint density at radius 1 is 1.12 bits per heavy atom. The molecule has 10 nitrogen and oxygen atoms in total. The van der Waals surface area contributed by atoms with E-state index in [1.165, 1.54) is 30.0 Å². The fourth-order valence-corrected chi connectivity index (χ4v) is 3.50. The first-order chi connectivity index (χ1) is 15.5. The average Bonchev–Trinajstić information content (AvgIpc) is 3.24. The van der Waals surface area contributed by atoms with Gasteiger partial charge in [-0.25, -0.2) is 4.79 Å². The van der Waals surface area contributed by atoms with Crippen molar-refractivity contribution in [2.75, 3.05) is 13.2 Å². The van der Waals surface area contributed by atoms with E-state index in [0.29, 0.717) is 18.5 Å². The molecule has 0 aliphatic carbocycles. The fraction of sp³-hybridized carbons (Fsp3) is 0.682. The second-order valence-corrected chi connectivity index (χ2v) is 8.00. The van der Waals surface area contributed by atoms with Gasteiger partial charge in [-0.1, -0.05) is 56.1 Å². The zero-order valence-corrected chi connectivity index (χ0v) is 18.7. The van der Waals surface area contributed by atoms with Crippen LogP contribution in [0.15, 0.2) is 33.1 Å². The van der Waals surface area contributed by atoms with Crippen LogP contribution >= 0.6 is 0 Å². The van der Waals surface area contributed by atoms with Gasteiger partial charge >= 0.3 is 11.7 Å². The van der Waals surface area contributed by atoms with Gasteiger partial charge in [-0.05, 0) is 31.4 Å². The number of nitrogens with one attached hydrogen (secondary N) is 1. The molecule has 0 fully saturated rings. The molecule has 1 N–H and O–H groups in total. The van der Waals surface area contributed by atoms with Crippen LogP contribution in [0.2, 0.25) is 0 Å². The summed E-state index contributed by atoms with van der Waals surface area (Å²) in [5.74, 6) is -0.248. The topological polar surface area (TPSA) is 139 Å². The second-order valence-electron chi connectivity index (χ2n) is 8.00. The molecule has 0 radical (unpaired) electrons. The van der Waals surface area contributed by atoms with Gasteiger partial charge in [0.1, 0.15) is 12.7 Å². The molecule has 2 rings (SSSR count). The third-order valence-electron chi connectivity index (χ3n) is 5.34. The van der Waals surface area contributed by atoms with Crippen LogP contribution in [0, 0.1) is 6.92 Å². The maximum Gasteiger partial charge on any atom is 0.330 e. The highest BCUT2D eigenvalue weighted by atomic mass is 16.6. The molecule has 0 unspecified atom stereocenters. The lowest BCUT2D eigenvalue weighted by atomic mass is 10.1. The van der Waals surface area contributed by atoms with E-state index in [9.17, 15) is 14.4 Å². The molecule has 10 heteroatoms. The Hall–Kier alpha value is -2.84. The van der Waals surface area contributed by atoms with E-state index in [0.717, 1.165) is 38.5 Å². The molecule has 176 valence electrons. The number of aromatic amines is 1. The molecule has 0 aromatic carbocycles. The molecular formula is C22H33N5O5. The molecule has 1 aromatic rings. The van der Waals surface area contributed by atoms with Gasteiger partial charge in [0.2, 0.25) is 0 Å². The number of hydrogen-bond donors (Lipinski definition) is 1. The minimum Gasteiger partial charge on any atom is -0.463 e. The van der Waals surface area contributed by atoms with E-state index in [2.05, 4.69) is 15.0 Å². The summed E-state index contributed by atoms with van der Waals surface area (Å²) in [6, 6.07) is 0. The minimum atomic E-state index is -0.632. The van der Waals surface area contributed by atoms with Gasteiger partial charge in [-0.15, -0.1) is 0 Å². The number of unbranched alkanes of at least 4 members (excludes halogenated alkanes) is 8. The maximum atomic E-state index is 11.9. The van der Waals surface area contributed by atoms with E-state index >= 15 is 0 Å². The number of azide groups is 1. The lowest BCUT2D eigenvalue weighted by Gasteiger charge is -2.16. The summed E-state index contributed by atoms with van der Waals surface area (Å²) in [5, 5.41) is 3.52. The van der Waals surface area contributed by atoms with E-state index in [1.807, 2.05) is 0 Å². The van der Waals surface area contributed by atoms with E-state index in [1.54, 1.807) is 19.1 Å². The van der Waals surface area contributed by atoms with Crippen LogP contribution < -0.4 is 11.2 Å². The number of hydrogen-bond acceptors (Lipinski definition) is 6. The summed E-state index contributed by atoms with van der Waals surface area (Å²) in [7, 11) is 0. The van der Waals surface area contributed by atoms with Crippen molar-refractivity contribution in [3.05, 3.63) is 55.2 Å². The molecule has 0 amide bonds. The van der Waals surface area contributed by atoms with Gasteiger partial charge in [0.05, 0.1) is 0 Å². The summed E-state index contributed by atoms with van der Waals surface area (Å²) in [6.07, 6.45) is 13.9. The molecule has 0 saturated heterocycles. The van der Waals surface area contributed by atoms with Crippen molar-refractivity contribution >= 4 is 5.97 Å². The van der Waals surface area contributed by atoms with Gasteiger partial charge in [0, 0.05) is 29.6 Å². The van der Waals surface area contributed by atoms with Crippen LogP contribution in [0.1, 0.15) is 76.0 Å². The first kappa shape index (κ1) is 25.4. The molecule has 2 heterocycles. The molecule has 2 atom stereocenters. The summed E-state index contributed by atoms with van der Waals surface area (Å²) >= 11 is 0. The number of rotatable bonds is 15. The van der Waals surface area contributed by atoms with Crippen LogP contribution in [-0.2, 0) is 14.3 Å². The van der Waals surface area contributed by atoms with E-state index in [4.69, 9.17) is 15.0 Å². The van der Waals surface area contributed by atoms with Crippen LogP contribution in [0.25, 0.3) is 10.4 Å². The highest BCUT2D eigenvalue weighted by molar-refractivity contribution is 5.69. The molecule has 1 aliphatic rings. The Balaban J connectivity index is 1.50. The van der Waals surface area contributed by atoms with Crippen molar-refractivity contribution in [3.8, 4) is 0 Å². The van der Waals surface area contributed by atoms with Gasteiger partial charge < -0.3 is 9.47 Å². The van der Waals surface area contributed by atoms with Crippen LogP contribution in [0.5, 0.6) is 0 Å². The maximum absolute atomic E-state index is 11.9. The van der Waals surface area contributed by atoms with Crippen molar-refractivity contribution in [2.45, 2.75) is 83.5 Å². The van der Waals surface area contributed by atoms with Gasteiger partial charge in [-0.2, -0.15) is 0 Å². The highest BCUT2D eigenvalue weighted by Crippen LogP contribution is 2.20. The molecular weight excluding hydrogens is 414 g/mol. The van der Waals surface area contributed by atoms with Gasteiger partial charge in [-0.3, -0.25) is 19.1 Å². The predicted molar refractivity (Wildman–Crippen MR) is 120 cm³/mol. The molecule has 1 aromatic heterocycles. The molecule has 0 spiro atoms. The van der Waals surface area contributed by atoms with Gasteiger partial charge in [0.25, 0.3) is 5.56 Å². The Morgan fingerprint density at radius 2 is 1.78 bits per heavy atom. The zero-order chi connectivity index (χ0) is 23.2. The van der Waals surface area contributed by atoms with Crippen molar-refractivity contribution in [2.24, 2.45) is 5.11 Å². The first-order valence-corrected chi connectivity index (χ1v) is 11.3. The SMILES string of the molecule is Cc1cn([C@H]2C=C[C@@H](COC(=O)CCCCCCCCCCCN=[N+]=[N-])O2)c(=O)[nH]c1=O. The fourth-order valence-electron chi connectivity index (χ4n) is 3.50. The van der Waals surface area contributed by atoms with Crippen LogP contribution in [0.4, 0.5) is 0 Å². The number of H-pyrrole nitrogens is 1. The second kappa shape index (κ2) is 14.3. The lowest BCUT2D eigenvalue weighted by Crippen LogP contribution is -2.33. The smallest absolute Gasteiger partial charge is 0.330 e. The van der Waals surface area contributed by atoms with E-state index in [-0.39, 0.29) is 12.6 Å². The first-order valence-electron chi connectivity index (χ1n) is 11.3. The monoisotopic (exact) mass is 447 g/mol. The Morgan fingerprint density at radius 3 is 2.47 bits per heavy atom. The van der Waals surface area contributed by atoms with Crippen LogP contribution in [-0.4, -0.2) is 34.8 Å². The number of esters is 1. The number of aryl methyl sites for hydroxylation is 1. The average molecular weight is 448 g/mol. The molecule has 0 bridgehead atoms. The summed E-state index contributed by atoms with van der Waals surface area (Å²) in [5.41, 5.74) is 7.65. The number of aromatic nitrogens is 2. The minimum absolute atomic E-state index is 0.0998. The highest BCUT2D eigenvalue weighted by Gasteiger charge is 2.23. The molecule has 32 heavy (non-hydrogen) atoms. The number of nitrogens with zero attached hydrogens (tertiary/aromatic N) is 4. The number of ether oxygens (including phenoxy) is 2. The molecule has 1 aliphatic heterocycles. The van der Waals surface area contributed by atoms with Crippen LogP contribution in [0.3, 0.4) is 0 Å². The van der Waals surface area contributed by atoms with Crippen molar-refractivity contribution in [3.63, 3.8) is 0 Å². The standard InChI is InChI=1S/C22H33N5O5/c1-17-15-27(22(30)25-21(17)29)19-13-12-18(32-19)16-31-20(28)11-9-7-5-3-2-4-6-8-10-14-24-26-23/h12-13,15,18-19H,2-11,14,16H2,1H3,(H,25,29,30)/t18-,19+/m0/s1. The van der Waals surface area contributed by atoms with E-state index < -0.39 is 23.6 Å².